The summed E-state index contributed by atoms with van der Waals surface area (Å²) < 4.78 is 24.8. The molecule has 0 amide bonds. The number of aromatic nitrogens is 2. The number of hydrogen-bond acceptors (Lipinski definition) is 3. The van der Waals surface area contributed by atoms with Crippen LogP contribution in [0.25, 0.3) is 0 Å². The van der Waals surface area contributed by atoms with E-state index in [4.69, 9.17) is 0 Å². The van der Waals surface area contributed by atoms with Gasteiger partial charge >= 0.3 is 95.4 Å². The van der Waals surface area contributed by atoms with E-state index in [9.17, 15) is 8.42 Å². The fourth-order valence-electron chi connectivity index (χ4n) is 1.14. The number of nitrogens with one attached hydrogen (secondary N) is 1. The molecule has 6 heteroatoms. The second-order valence-electron chi connectivity index (χ2n) is 2.91. The molecule has 0 atom stereocenters. The van der Waals surface area contributed by atoms with E-state index < -0.39 is 9.84 Å². The number of hydrogen-bond donors (Lipinski definition) is 1. The van der Waals surface area contributed by atoms with Crippen LogP contribution in [0.1, 0.15) is 0 Å². The van der Waals surface area contributed by atoms with Gasteiger partial charge in [0.15, 0.2) is 0 Å². The van der Waals surface area contributed by atoms with E-state index in [-0.39, 0.29) is 9.92 Å². The Labute approximate surface area is 95.4 Å². The zero-order valence-electron chi connectivity index (χ0n) is 7.58. The minimum atomic E-state index is -3.46. The van der Waals surface area contributed by atoms with Gasteiger partial charge in [0.25, 0.3) is 0 Å². The first kappa shape index (κ1) is 10.4. The molecule has 0 aliphatic carbocycles. The van der Waals surface area contributed by atoms with Gasteiger partial charge < -0.3 is 0 Å². The molecule has 78 valence electrons. The normalized spacial score (nSPS) is 11.5. The van der Waals surface area contributed by atoms with Gasteiger partial charge in [-0.3, -0.25) is 0 Å². The summed E-state index contributed by atoms with van der Waals surface area (Å²) >= 11 is 2.35. The average molecular weight is 287 g/mol. The van der Waals surface area contributed by atoms with Gasteiger partial charge in [0.05, 0.1) is 0 Å². The Morgan fingerprint density at radius 1 is 1.13 bits per heavy atom. The third-order valence-electron chi connectivity index (χ3n) is 1.90. The summed E-state index contributed by atoms with van der Waals surface area (Å²) in [6.07, 6.45) is 1.48. The fraction of sp³-hybridized carbons (Fsp3) is 0. The van der Waals surface area contributed by atoms with Gasteiger partial charge in [0, 0.05) is 0 Å². The van der Waals surface area contributed by atoms with Crippen molar-refractivity contribution in [3.05, 3.63) is 36.5 Å². The third-order valence-corrected chi connectivity index (χ3v) is 4.19. The van der Waals surface area contributed by atoms with E-state index >= 15 is 0 Å². The Balaban J connectivity index is 2.52. The van der Waals surface area contributed by atoms with Gasteiger partial charge in [0.2, 0.25) is 0 Å². The molecular formula is C9H8N2O2SSe. The van der Waals surface area contributed by atoms with Crippen molar-refractivity contribution in [2.45, 2.75) is 9.92 Å². The van der Waals surface area contributed by atoms with Gasteiger partial charge in [0.1, 0.15) is 0 Å². The zero-order valence-corrected chi connectivity index (χ0v) is 10.3. The first-order valence-corrected chi connectivity index (χ1v) is 6.57. The maximum atomic E-state index is 11.9. The molecule has 0 radical (unpaired) electrons. The first-order valence-electron chi connectivity index (χ1n) is 4.14. The van der Waals surface area contributed by atoms with E-state index in [0.29, 0.717) is 0 Å². The van der Waals surface area contributed by atoms with Crippen LogP contribution in [-0.4, -0.2) is 34.6 Å². The molecule has 0 spiro atoms. The third kappa shape index (κ3) is 1.97. The molecule has 4 nitrogen and oxygen atoms in total. The predicted molar refractivity (Wildman–Crippen MR) is 57.3 cm³/mol. The molecule has 1 aromatic carbocycles. The molecule has 2 rings (SSSR count). The van der Waals surface area contributed by atoms with Crippen molar-refractivity contribution >= 4 is 30.3 Å². The Hall–Kier alpha value is -1.10. The molecule has 15 heavy (non-hydrogen) atoms. The Bertz CT molecular complexity index is 546. The summed E-state index contributed by atoms with van der Waals surface area (Å²) in [6, 6.07) is 8.04. The number of H-pyrrole nitrogens is 1. The molecule has 0 aliphatic heterocycles. The Morgan fingerprint density at radius 3 is 2.33 bits per heavy atom. The number of sulfone groups is 1. The van der Waals surface area contributed by atoms with Crippen LogP contribution in [0.2, 0.25) is 0 Å². The number of rotatable bonds is 2. The van der Waals surface area contributed by atoms with Crippen molar-refractivity contribution in [2.75, 3.05) is 0 Å². The van der Waals surface area contributed by atoms with Crippen molar-refractivity contribution in [3.63, 3.8) is 0 Å². The topological polar surface area (TPSA) is 62.8 Å². The maximum absolute atomic E-state index is 11.9. The molecule has 0 bridgehead atoms. The van der Waals surface area contributed by atoms with Gasteiger partial charge in [-0.1, -0.05) is 0 Å². The van der Waals surface area contributed by atoms with Crippen LogP contribution >= 0.6 is 0 Å². The van der Waals surface area contributed by atoms with Crippen molar-refractivity contribution in [2.24, 2.45) is 0 Å². The molecule has 2 aromatic rings. The van der Waals surface area contributed by atoms with Gasteiger partial charge in [-0.2, -0.15) is 0 Å². The van der Waals surface area contributed by atoms with Crippen LogP contribution in [0.4, 0.5) is 0 Å². The fourth-order valence-corrected chi connectivity index (χ4v) is 2.61. The number of aromatic amines is 1. The summed E-state index contributed by atoms with van der Waals surface area (Å²) in [7, 11) is -3.46. The summed E-state index contributed by atoms with van der Waals surface area (Å²) in [5, 5.41) is 6.20. The molecule has 0 fully saturated rings. The van der Waals surface area contributed by atoms with Crippen molar-refractivity contribution in [3.8, 4) is 0 Å². The van der Waals surface area contributed by atoms with Gasteiger partial charge in [-0.25, -0.2) is 0 Å². The van der Waals surface area contributed by atoms with E-state index in [1.807, 2.05) is 0 Å². The average Bonchev–Trinajstić information content (AvgIpc) is 2.71. The second kappa shape index (κ2) is 3.81. The molecule has 1 aromatic heterocycles. The number of nitrogens with zero attached hydrogens (tertiary/aromatic N) is 1. The van der Waals surface area contributed by atoms with Crippen LogP contribution in [0.3, 0.4) is 0 Å². The first-order chi connectivity index (χ1) is 7.10. The zero-order chi connectivity index (χ0) is 10.9. The molecule has 1 N–H and O–H groups in total. The van der Waals surface area contributed by atoms with Crippen LogP contribution in [0, 0.1) is 0 Å². The molecule has 0 saturated heterocycles. The van der Waals surface area contributed by atoms with Gasteiger partial charge in [-0.05, 0) is 0 Å². The van der Waals surface area contributed by atoms with E-state index in [1.54, 1.807) is 24.3 Å². The number of benzene rings is 1. The van der Waals surface area contributed by atoms with Crippen LogP contribution in [0.15, 0.2) is 46.5 Å². The SMILES string of the molecule is O=S(=O)(c1ccc([SeH])cc1)c1cc[nH]n1. The van der Waals surface area contributed by atoms with E-state index in [1.165, 1.54) is 12.3 Å². The van der Waals surface area contributed by atoms with E-state index in [2.05, 4.69) is 26.2 Å². The summed E-state index contributed by atoms with van der Waals surface area (Å²) in [4.78, 5) is 0.254. The van der Waals surface area contributed by atoms with Crippen molar-refractivity contribution < 1.29 is 8.42 Å². The Morgan fingerprint density at radius 2 is 1.80 bits per heavy atom. The summed E-state index contributed by atoms with van der Waals surface area (Å²) in [5.74, 6) is 0. The van der Waals surface area contributed by atoms with Crippen LogP contribution in [0.5, 0.6) is 0 Å². The monoisotopic (exact) mass is 288 g/mol. The Kier molecular flexibility index (Phi) is 2.65. The van der Waals surface area contributed by atoms with E-state index in [0.717, 1.165) is 4.46 Å². The molecule has 0 saturated carbocycles. The summed E-state index contributed by atoms with van der Waals surface area (Å²) in [5.41, 5.74) is 0. The predicted octanol–water partition coefficient (Wildman–Crippen LogP) is -0.231. The molecule has 0 unspecified atom stereocenters. The second-order valence-corrected chi connectivity index (χ2v) is 5.89. The molecular weight excluding hydrogens is 279 g/mol. The van der Waals surface area contributed by atoms with Crippen molar-refractivity contribution in [1.82, 2.24) is 10.2 Å². The summed E-state index contributed by atoms with van der Waals surface area (Å²) in [6.45, 7) is 0. The van der Waals surface area contributed by atoms with Crippen molar-refractivity contribution in [1.29, 1.82) is 0 Å². The van der Waals surface area contributed by atoms with Gasteiger partial charge in [-0.15, -0.1) is 0 Å². The molecule has 0 aliphatic rings. The standard InChI is InChI=1S/C9H8N2O2SSe/c12-14(13,9-5-6-10-11-9)7-1-3-8(15)4-2-7/h1-6,15H,(H,10,11). The quantitative estimate of drug-likeness (QED) is 0.776. The van der Waals surface area contributed by atoms with Crippen LogP contribution in [-0.2, 0) is 9.84 Å². The molecule has 1 heterocycles. The van der Waals surface area contributed by atoms with Crippen LogP contribution < -0.4 is 4.46 Å². The minimum absolute atomic E-state index is 0.0424.